The third kappa shape index (κ3) is 5.18. The Balaban J connectivity index is 3.04. The molecule has 118 valence electrons. The summed E-state index contributed by atoms with van der Waals surface area (Å²) in [5.41, 5.74) is -0.354. The molecular weight excluding hydrogens is 272 g/mol. The molecule has 7 nitrogen and oxygen atoms in total. The summed E-state index contributed by atoms with van der Waals surface area (Å²) >= 11 is 0. The van der Waals surface area contributed by atoms with Crippen LogP contribution >= 0.6 is 0 Å². The highest BCUT2D eigenvalue weighted by molar-refractivity contribution is 5.55. The van der Waals surface area contributed by atoms with Gasteiger partial charge in [-0.05, 0) is 26.2 Å². The number of nitro groups is 1. The zero-order valence-corrected chi connectivity index (χ0v) is 12.8. The van der Waals surface area contributed by atoms with E-state index in [1.807, 2.05) is 20.8 Å². The molecule has 0 saturated carbocycles. The third-order valence-corrected chi connectivity index (χ3v) is 3.45. The van der Waals surface area contributed by atoms with Gasteiger partial charge in [0.05, 0.1) is 17.1 Å². The summed E-state index contributed by atoms with van der Waals surface area (Å²) in [5, 5.41) is 26.4. The van der Waals surface area contributed by atoms with Gasteiger partial charge in [0, 0.05) is 18.7 Å². The van der Waals surface area contributed by atoms with Crippen molar-refractivity contribution in [2.75, 3.05) is 23.8 Å². The number of pyridine rings is 1. The van der Waals surface area contributed by atoms with Crippen LogP contribution in [-0.2, 0) is 0 Å². The van der Waals surface area contributed by atoms with E-state index in [9.17, 15) is 10.1 Å². The minimum atomic E-state index is -0.431. The van der Waals surface area contributed by atoms with Crippen molar-refractivity contribution in [3.8, 4) is 0 Å². The SMILES string of the molecule is CCCNc1cc([N+](=O)[O-])cc(NC(C)(CC)CCO)n1. The zero-order valence-electron chi connectivity index (χ0n) is 12.8. The van der Waals surface area contributed by atoms with E-state index in [-0.39, 0.29) is 17.8 Å². The number of hydrogen-bond donors (Lipinski definition) is 3. The van der Waals surface area contributed by atoms with Crippen molar-refractivity contribution in [2.24, 2.45) is 0 Å². The second-order valence-electron chi connectivity index (χ2n) is 5.29. The highest BCUT2D eigenvalue weighted by atomic mass is 16.6. The van der Waals surface area contributed by atoms with Crippen molar-refractivity contribution in [2.45, 2.75) is 45.6 Å². The summed E-state index contributed by atoms with van der Waals surface area (Å²) < 4.78 is 0. The van der Waals surface area contributed by atoms with Crippen molar-refractivity contribution in [3.05, 3.63) is 22.2 Å². The summed E-state index contributed by atoms with van der Waals surface area (Å²) in [6.07, 6.45) is 2.23. The van der Waals surface area contributed by atoms with Gasteiger partial charge in [-0.2, -0.15) is 0 Å². The summed E-state index contributed by atoms with van der Waals surface area (Å²) in [6, 6.07) is 2.85. The number of anilines is 2. The topological polar surface area (TPSA) is 100 Å². The van der Waals surface area contributed by atoms with E-state index in [1.54, 1.807) is 0 Å². The van der Waals surface area contributed by atoms with Crippen molar-refractivity contribution in [1.29, 1.82) is 0 Å². The van der Waals surface area contributed by atoms with Gasteiger partial charge < -0.3 is 15.7 Å². The summed E-state index contributed by atoms with van der Waals surface area (Å²) in [4.78, 5) is 15.0. The Morgan fingerprint density at radius 1 is 1.38 bits per heavy atom. The Morgan fingerprint density at radius 3 is 2.57 bits per heavy atom. The van der Waals surface area contributed by atoms with Crippen LogP contribution in [0.2, 0.25) is 0 Å². The molecule has 1 unspecified atom stereocenters. The molecule has 0 aliphatic carbocycles. The van der Waals surface area contributed by atoms with Crippen molar-refractivity contribution in [1.82, 2.24) is 4.98 Å². The highest BCUT2D eigenvalue weighted by Gasteiger charge is 2.23. The average molecular weight is 296 g/mol. The molecule has 0 amide bonds. The Morgan fingerprint density at radius 2 is 2.05 bits per heavy atom. The van der Waals surface area contributed by atoms with Gasteiger partial charge in [0.15, 0.2) is 0 Å². The smallest absolute Gasteiger partial charge is 0.276 e. The third-order valence-electron chi connectivity index (χ3n) is 3.45. The van der Waals surface area contributed by atoms with Crippen LogP contribution in [0.1, 0.15) is 40.0 Å². The second kappa shape index (κ2) is 7.78. The van der Waals surface area contributed by atoms with Crippen LogP contribution in [0.25, 0.3) is 0 Å². The molecule has 0 saturated heterocycles. The van der Waals surface area contributed by atoms with Gasteiger partial charge in [0.1, 0.15) is 11.6 Å². The van der Waals surface area contributed by atoms with Crippen LogP contribution < -0.4 is 10.6 Å². The summed E-state index contributed by atoms with van der Waals surface area (Å²) in [5.74, 6) is 0.927. The quantitative estimate of drug-likeness (QED) is 0.478. The maximum atomic E-state index is 11.0. The number of nitrogens with zero attached hydrogens (tertiary/aromatic N) is 2. The molecular formula is C14H24N4O3. The van der Waals surface area contributed by atoms with Crippen molar-refractivity contribution < 1.29 is 10.0 Å². The highest BCUT2D eigenvalue weighted by Crippen LogP contribution is 2.25. The maximum Gasteiger partial charge on any atom is 0.276 e. The van der Waals surface area contributed by atoms with E-state index in [2.05, 4.69) is 15.6 Å². The molecule has 0 fully saturated rings. The lowest BCUT2D eigenvalue weighted by Crippen LogP contribution is -2.35. The number of aliphatic hydroxyl groups excluding tert-OH is 1. The normalized spacial score (nSPS) is 13.5. The number of rotatable bonds is 9. The fourth-order valence-corrected chi connectivity index (χ4v) is 1.91. The van der Waals surface area contributed by atoms with Crippen LogP contribution in [0.5, 0.6) is 0 Å². The lowest BCUT2D eigenvalue weighted by atomic mass is 9.95. The monoisotopic (exact) mass is 296 g/mol. The van der Waals surface area contributed by atoms with E-state index in [4.69, 9.17) is 5.11 Å². The average Bonchev–Trinajstić information content (AvgIpc) is 2.45. The lowest BCUT2D eigenvalue weighted by Gasteiger charge is -2.29. The molecule has 0 aromatic carbocycles. The minimum Gasteiger partial charge on any atom is -0.396 e. The first kappa shape index (κ1) is 17.2. The van der Waals surface area contributed by atoms with Crippen LogP contribution in [0.3, 0.4) is 0 Å². The van der Waals surface area contributed by atoms with Crippen LogP contribution in [0, 0.1) is 10.1 Å². The molecule has 0 aliphatic heterocycles. The fourth-order valence-electron chi connectivity index (χ4n) is 1.91. The van der Waals surface area contributed by atoms with Crippen molar-refractivity contribution in [3.63, 3.8) is 0 Å². The number of aromatic nitrogens is 1. The molecule has 1 heterocycles. The molecule has 7 heteroatoms. The summed E-state index contributed by atoms with van der Waals surface area (Å²) in [6.45, 7) is 6.72. The van der Waals surface area contributed by atoms with Crippen LogP contribution in [0.15, 0.2) is 12.1 Å². The second-order valence-corrected chi connectivity index (χ2v) is 5.29. The van der Waals surface area contributed by atoms with E-state index >= 15 is 0 Å². The zero-order chi connectivity index (χ0) is 15.9. The van der Waals surface area contributed by atoms with E-state index in [1.165, 1.54) is 12.1 Å². The molecule has 0 radical (unpaired) electrons. The fraction of sp³-hybridized carbons (Fsp3) is 0.643. The Hall–Kier alpha value is -1.89. The molecule has 0 spiro atoms. The molecule has 3 N–H and O–H groups in total. The van der Waals surface area contributed by atoms with Gasteiger partial charge >= 0.3 is 0 Å². The van der Waals surface area contributed by atoms with Gasteiger partial charge in [-0.1, -0.05) is 13.8 Å². The molecule has 1 aromatic rings. The molecule has 0 bridgehead atoms. The van der Waals surface area contributed by atoms with Gasteiger partial charge in [-0.15, -0.1) is 0 Å². The van der Waals surface area contributed by atoms with Crippen LogP contribution in [-0.4, -0.2) is 33.7 Å². The van der Waals surface area contributed by atoms with Crippen LogP contribution in [0.4, 0.5) is 17.3 Å². The number of nitrogens with one attached hydrogen (secondary N) is 2. The first-order valence-electron chi connectivity index (χ1n) is 7.23. The van der Waals surface area contributed by atoms with Gasteiger partial charge in [-0.25, -0.2) is 4.98 Å². The predicted octanol–water partition coefficient (Wildman–Crippen LogP) is 2.77. The van der Waals surface area contributed by atoms with Gasteiger partial charge in [0.2, 0.25) is 0 Å². The molecule has 1 atom stereocenters. The van der Waals surface area contributed by atoms with E-state index < -0.39 is 4.92 Å². The lowest BCUT2D eigenvalue weighted by molar-refractivity contribution is -0.384. The Bertz CT molecular complexity index is 481. The van der Waals surface area contributed by atoms with Gasteiger partial charge in [-0.3, -0.25) is 10.1 Å². The maximum absolute atomic E-state index is 11.0. The van der Waals surface area contributed by atoms with Crippen molar-refractivity contribution >= 4 is 17.3 Å². The first-order valence-corrected chi connectivity index (χ1v) is 7.23. The molecule has 21 heavy (non-hydrogen) atoms. The standard InChI is InChI=1S/C14H24N4O3/c1-4-7-15-12-9-11(18(20)21)10-13(16-12)17-14(3,5-2)6-8-19/h9-10,19H,4-8H2,1-3H3,(H2,15,16,17). The van der Waals surface area contributed by atoms with E-state index in [0.29, 0.717) is 24.6 Å². The summed E-state index contributed by atoms with van der Waals surface area (Å²) in [7, 11) is 0. The number of aliphatic hydroxyl groups is 1. The molecule has 1 aromatic heterocycles. The minimum absolute atomic E-state index is 0.00597. The largest absolute Gasteiger partial charge is 0.396 e. The first-order chi connectivity index (χ1) is 9.94. The van der Waals surface area contributed by atoms with Gasteiger partial charge in [0.25, 0.3) is 5.69 Å². The predicted molar refractivity (Wildman–Crippen MR) is 83.7 cm³/mol. The molecule has 1 rings (SSSR count). The number of hydrogen-bond acceptors (Lipinski definition) is 6. The van der Waals surface area contributed by atoms with E-state index in [0.717, 1.165) is 12.8 Å². The molecule has 0 aliphatic rings. The Labute approximate surface area is 124 Å². The Kier molecular flexibility index (Phi) is 6.36.